The van der Waals surface area contributed by atoms with Gasteiger partial charge in [-0.25, -0.2) is 9.78 Å². The molecule has 110 valence electrons. The van der Waals surface area contributed by atoms with E-state index in [2.05, 4.69) is 15.0 Å². The zero-order chi connectivity index (χ0) is 15.7. The highest BCUT2D eigenvalue weighted by molar-refractivity contribution is 7.17. The molecule has 0 spiro atoms. The fourth-order valence-electron chi connectivity index (χ4n) is 1.99. The molecule has 0 saturated heterocycles. The van der Waals surface area contributed by atoms with Gasteiger partial charge in [0.05, 0.1) is 5.69 Å². The fourth-order valence-corrected chi connectivity index (χ4v) is 2.90. The summed E-state index contributed by atoms with van der Waals surface area (Å²) in [4.78, 5) is 24.6. The Morgan fingerprint density at radius 3 is 2.09 bits per heavy atom. The molecule has 1 N–H and O–H groups in total. The lowest BCUT2D eigenvalue weighted by atomic mass is 10.2. The molecule has 0 amide bonds. The van der Waals surface area contributed by atoms with Crippen LogP contribution in [0.5, 0.6) is 0 Å². The van der Waals surface area contributed by atoms with E-state index in [1.807, 2.05) is 38.1 Å². The summed E-state index contributed by atoms with van der Waals surface area (Å²) in [5.41, 5.74) is 3.73. The number of pyridine rings is 2. The van der Waals surface area contributed by atoms with E-state index < -0.39 is 5.97 Å². The second-order valence-electron chi connectivity index (χ2n) is 4.88. The van der Waals surface area contributed by atoms with Crippen molar-refractivity contribution < 1.29 is 9.90 Å². The Morgan fingerprint density at radius 2 is 1.59 bits per heavy atom. The van der Waals surface area contributed by atoms with Gasteiger partial charge < -0.3 is 5.11 Å². The predicted molar refractivity (Wildman–Crippen MR) is 85.0 cm³/mol. The highest BCUT2D eigenvalue weighted by Gasteiger charge is 2.19. The van der Waals surface area contributed by atoms with Crippen molar-refractivity contribution in [3.05, 3.63) is 52.9 Å². The topological polar surface area (TPSA) is 76.0 Å². The number of carboxylic acid groups (broad SMARTS) is 1. The number of rotatable bonds is 3. The van der Waals surface area contributed by atoms with E-state index in [4.69, 9.17) is 0 Å². The summed E-state index contributed by atoms with van der Waals surface area (Å²) in [7, 11) is 0. The van der Waals surface area contributed by atoms with E-state index >= 15 is 0 Å². The molecule has 0 aliphatic rings. The Hall–Kier alpha value is -2.60. The van der Waals surface area contributed by atoms with Crippen LogP contribution in [0.15, 0.2) is 36.7 Å². The van der Waals surface area contributed by atoms with Crippen LogP contribution in [0.2, 0.25) is 0 Å². The van der Waals surface area contributed by atoms with Crippen LogP contribution in [0, 0.1) is 13.8 Å². The zero-order valence-corrected chi connectivity index (χ0v) is 12.9. The minimum atomic E-state index is -0.987. The van der Waals surface area contributed by atoms with E-state index in [-0.39, 0.29) is 4.88 Å². The summed E-state index contributed by atoms with van der Waals surface area (Å²) < 4.78 is 0. The van der Waals surface area contributed by atoms with Crippen molar-refractivity contribution >= 4 is 17.3 Å². The fraction of sp³-hybridized carbons (Fsp3) is 0.125. The van der Waals surface area contributed by atoms with E-state index in [1.165, 1.54) is 0 Å². The maximum atomic E-state index is 11.5. The molecule has 0 aliphatic carbocycles. The Balaban J connectivity index is 2.11. The third-order valence-electron chi connectivity index (χ3n) is 3.16. The van der Waals surface area contributed by atoms with Crippen molar-refractivity contribution in [1.82, 2.24) is 15.0 Å². The van der Waals surface area contributed by atoms with Crippen LogP contribution in [0.4, 0.5) is 0 Å². The number of nitrogens with zero attached hydrogens (tertiary/aromatic N) is 3. The van der Waals surface area contributed by atoms with E-state index in [9.17, 15) is 9.90 Å². The number of hydrogen-bond acceptors (Lipinski definition) is 5. The summed E-state index contributed by atoms with van der Waals surface area (Å²) >= 11 is 1.15. The van der Waals surface area contributed by atoms with Crippen LogP contribution in [0.3, 0.4) is 0 Å². The maximum Gasteiger partial charge on any atom is 0.348 e. The molecule has 6 heteroatoms. The standard InChI is InChI=1S/C16H13N3O2S/c1-9-3-5-11(7-17-9)13-14(16(20)21)22-15(19-13)12-6-4-10(2)18-8-12/h3-8H,1-2H3,(H,20,21). The van der Waals surface area contributed by atoms with Crippen LogP contribution in [-0.2, 0) is 0 Å². The third kappa shape index (κ3) is 2.73. The first-order valence-corrected chi connectivity index (χ1v) is 7.46. The van der Waals surface area contributed by atoms with Crippen molar-refractivity contribution in [1.29, 1.82) is 0 Å². The second kappa shape index (κ2) is 5.65. The van der Waals surface area contributed by atoms with Crippen LogP contribution < -0.4 is 0 Å². The molecule has 0 aromatic carbocycles. The van der Waals surface area contributed by atoms with Gasteiger partial charge in [-0.3, -0.25) is 9.97 Å². The Bertz CT molecular complexity index is 824. The number of hydrogen-bond donors (Lipinski definition) is 1. The summed E-state index contributed by atoms with van der Waals surface area (Å²) in [6.07, 6.45) is 3.35. The highest BCUT2D eigenvalue weighted by Crippen LogP contribution is 2.33. The largest absolute Gasteiger partial charge is 0.477 e. The van der Waals surface area contributed by atoms with Gasteiger partial charge in [-0.15, -0.1) is 11.3 Å². The Labute approximate surface area is 131 Å². The molecule has 0 atom stereocenters. The molecule has 0 unspecified atom stereocenters. The lowest BCUT2D eigenvalue weighted by molar-refractivity contribution is 0.0702. The molecule has 3 rings (SSSR count). The van der Waals surface area contributed by atoms with Gasteiger partial charge in [-0.1, -0.05) is 0 Å². The first-order valence-electron chi connectivity index (χ1n) is 6.65. The molecule has 0 aliphatic heterocycles. The van der Waals surface area contributed by atoms with Crippen molar-refractivity contribution in [3.63, 3.8) is 0 Å². The first-order chi connectivity index (χ1) is 10.5. The smallest absolute Gasteiger partial charge is 0.348 e. The van der Waals surface area contributed by atoms with E-state index in [0.717, 1.165) is 28.3 Å². The van der Waals surface area contributed by atoms with Gasteiger partial charge in [-0.2, -0.15) is 0 Å². The average molecular weight is 311 g/mol. The number of thiazole rings is 1. The molecular weight excluding hydrogens is 298 g/mol. The highest BCUT2D eigenvalue weighted by atomic mass is 32.1. The second-order valence-corrected chi connectivity index (χ2v) is 5.88. The van der Waals surface area contributed by atoms with Gasteiger partial charge in [0.1, 0.15) is 9.88 Å². The molecule has 3 heterocycles. The van der Waals surface area contributed by atoms with Gasteiger partial charge in [0.2, 0.25) is 0 Å². The Morgan fingerprint density at radius 1 is 1.00 bits per heavy atom. The minimum absolute atomic E-state index is 0.209. The zero-order valence-electron chi connectivity index (χ0n) is 12.1. The number of aromatic nitrogens is 3. The van der Waals surface area contributed by atoms with Crippen LogP contribution >= 0.6 is 11.3 Å². The van der Waals surface area contributed by atoms with Crippen LogP contribution in [-0.4, -0.2) is 26.0 Å². The van der Waals surface area contributed by atoms with Crippen LogP contribution in [0.1, 0.15) is 21.1 Å². The van der Waals surface area contributed by atoms with E-state index in [0.29, 0.717) is 16.3 Å². The lowest BCUT2D eigenvalue weighted by Crippen LogP contribution is -1.95. The SMILES string of the molecule is Cc1ccc(-c2nc(-c3ccc(C)nc3)c(C(=O)O)s2)cn1. The van der Waals surface area contributed by atoms with E-state index in [1.54, 1.807) is 12.4 Å². The average Bonchev–Trinajstić information content (AvgIpc) is 2.94. The summed E-state index contributed by atoms with van der Waals surface area (Å²) in [6, 6.07) is 7.45. The predicted octanol–water partition coefficient (Wildman–Crippen LogP) is 3.58. The van der Waals surface area contributed by atoms with Gasteiger partial charge in [-0.05, 0) is 38.1 Å². The summed E-state index contributed by atoms with van der Waals surface area (Å²) in [5, 5.41) is 10.1. The molecule has 22 heavy (non-hydrogen) atoms. The number of aromatic carboxylic acids is 1. The van der Waals surface area contributed by atoms with Gasteiger partial charge in [0, 0.05) is 34.9 Å². The molecule has 0 saturated carbocycles. The third-order valence-corrected chi connectivity index (χ3v) is 4.26. The lowest BCUT2D eigenvalue weighted by Gasteiger charge is -1.99. The van der Waals surface area contributed by atoms with Crippen molar-refractivity contribution in [2.75, 3.05) is 0 Å². The quantitative estimate of drug-likeness (QED) is 0.800. The van der Waals surface area contributed by atoms with Crippen molar-refractivity contribution in [3.8, 4) is 21.8 Å². The minimum Gasteiger partial charge on any atom is -0.477 e. The molecule has 3 aromatic heterocycles. The number of carbonyl (C=O) groups is 1. The van der Waals surface area contributed by atoms with Crippen molar-refractivity contribution in [2.45, 2.75) is 13.8 Å². The number of carboxylic acids is 1. The summed E-state index contributed by atoms with van der Waals surface area (Å²) in [5.74, 6) is -0.987. The van der Waals surface area contributed by atoms with Gasteiger partial charge in [0.25, 0.3) is 0 Å². The van der Waals surface area contributed by atoms with Crippen molar-refractivity contribution in [2.24, 2.45) is 0 Å². The molecule has 3 aromatic rings. The molecule has 0 bridgehead atoms. The number of aryl methyl sites for hydroxylation is 2. The monoisotopic (exact) mass is 311 g/mol. The molecular formula is C16H13N3O2S. The maximum absolute atomic E-state index is 11.5. The van der Waals surface area contributed by atoms with Gasteiger partial charge >= 0.3 is 5.97 Å². The Kier molecular flexibility index (Phi) is 3.68. The summed E-state index contributed by atoms with van der Waals surface area (Å²) in [6.45, 7) is 3.78. The molecule has 0 fully saturated rings. The van der Waals surface area contributed by atoms with Gasteiger partial charge in [0.15, 0.2) is 0 Å². The first kappa shape index (κ1) is 14.3. The normalized spacial score (nSPS) is 10.6. The molecule has 5 nitrogen and oxygen atoms in total. The molecule has 0 radical (unpaired) electrons. The van der Waals surface area contributed by atoms with Crippen LogP contribution in [0.25, 0.3) is 21.8 Å².